The van der Waals surface area contributed by atoms with Gasteiger partial charge in [0.15, 0.2) is 11.5 Å². The van der Waals surface area contributed by atoms with Crippen molar-refractivity contribution in [2.75, 3.05) is 43.5 Å². The van der Waals surface area contributed by atoms with E-state index in [1.807, 2.05) is 24.3 Å². The molecular weight excluding hydrogens is 376 g/mol. The number of hydrogen-bond acceptors (Lipinski definition) is 7. The van der Waals surface area contributed by atoms with Crippen LogP contribution >= 0.6 is 0 Å². The SMILES string of the molecule is COc1ccc(N2CCN(C(=O)c3coc(NC(=O)c4ccco4)n3)CC2)cc1. The van der Waals surface area contributed by atoms with E-state index in [9.17, 15) is 9.59 Å². The van der Waals surface area contributed by atoms with Gasteiger partial charge in [-0.1, -0.05) is 0 Å². The molecule has 9 nitrogen and oxygen atoms in total. The standard InChI is InChI=1S/C20H20N4O5/c1-27-15-6-4-14(5-7-15)23-8-10-24(11-9-23)19(26)16-13-29-20(21-16)22-18(25)17-3-2-12-28-17/h2-7,12-13H,8-11H2,1H3,(H,21,22,25). The van der Waals surface area contributed by atoms with Crippen LogP contribution in [0, 0.1) is 0 Å². The number of oxazole rings is 1. The number of anilines is 2. The van der Waals surface area contributed by atoms with Gasteiger partial charge >= 0.3 is 6.01 Å². The molecule has 1 aliphatic heterocycles. The van der Waals surface area contributed by atoms with E-state index in [4.69, 9.17) is 13.6 Å². The van der Waals surface area contributed by atoms with E-state index in [1.165, 1.54) is 18.6 Å². The highest BCUT2D eigenvalue weighted by Gasteiger charge is 2.25. The lowest BCUT2D eigenvalue weighted by atomic mass is 10.2. The highest BCUT2D eigenvalue weighted by molar-refractivity contribution is 6.01. The average molecular weight is 396 g/mol. The van der Waals surface area contributed by atoms with E-state index in [0.717, 1.165) is 11.4 Å². The number of carbonyl (C=O) groups is 2. The zero-order valence-electron chi connectivity index (χ0n) is 15.8. The fourth-order valence-electron chi connectivity index (χ4n) is 3.12. The average Bonchev–Trinajstić information content (AvgIpc) is 3.46. The normalized spacial score (nSPS) is 14.0. The number of piperazine rings is 1. The molecule has 0 bridgehead atoms. The van der Waals surface area contributed by atoms with E-state index >= 15 is 0 Å². The molecule has 1 aliphatic rings. The lowest BCUT2D eigenvalue weighted by molar-refractivity contribution is 0.0740. The maximum atomic E-state index is 12.7. The van der Waals surface area contributed by atoms with Crippen LogP contribution in [0.5, 0.6) is 5.75 Å². The van der Waals surface area contributed by atoms with Crippen LogP contribution in [-0.2, 0) is 0 Å². The van der Waals surface area contributed by atoms with Crippen molar-refractivity contribution in [1.29, 1.82) is 0 Å². The van der Waals surface area contributed by atoms with Crippen molar-refractivity contribution in [3.8, 4) is 5.75 Å². The summed E-state index contributed by atoms with van der Waals surface area (Å²) in [6.45, 7) is 2.54. The van der Waals surface area contributed by atoms with Gasteiger partial charge in [-0.05, 0) is 36.4 Å². The van der Waals surface area contributed by atoms with Crippen molar-refractivity contribution in [3.05, 3.63) is 60.4 Å². The first kappa shape index (κ1) is 18.6. The molecule has 1 saturated heterocycles. The number of hydrogen-bond donors (Lipinski definition) is 1. The molecule has 2 amide bonds. The minimum absolute atomic E-state index is 0.0494. The highest BCUT2D eigenvalue weighted by Crippen LogP contribution is 2.21. The Morgan fingerprint density at radius 2 is 1.83 bits per heavy atom. The molecule has 3 heterocycles. The summed E-state index contributed by atoms with van der Waals surface area (Å²) in [5.74, 6) is 0.208. The summed E-state index contributed by atoms with van der Waals surface area (Å²) in [5.41, 5.74) is 1.24. The smallest absolute Gasteiger partial charge is 0.302 e. The first-order chi connectivity index (χ1) is 14.1. The van der Waals surface area contributed by atoms with Crippen molar-refractivity contribution >= 4 is 23.5 Å². The van der Waals surface area contributed by atoms with Crippen molar-refractivity contribution in [1.82, 2.24) is 9.88 Å². The van der Waals surface area contributed by atoms with Crippen LogP contribution in [0.2, 0.25) is 0 Å². The van der Waals surface area contributed by atoms with Crippen LogP contribution in [0.3, 0.4) is 0 Å². The Labute approximate surface area is 166 Å². The highest BCUT2D eigenvalue weighted by atomic mass is 16.5. The number of amides is 2. The second-order valence-electron chi connectivity index (χ2n) is 6.45. The molecule has 0 unspecified atom stereocenters. The van der Waals surface area contributed by atoms with Crippen LogP contribution in [0.4, 0.5) is 11.7 Å². The second kappa shape index (κ2) is 8.09. The minimum atomic E-state index is -0.496. The van der Waals surface area contributed by atoms with E-state index in [0.29, 0.717) is 26.2 Å². The number of methoxy groups -OCH3 is 1. The molecule has 9 heteroatoms. The lowest BCUT2D eigenvalue weighted by Gasteiger charge is -2.35. The first-order valence-corrected chi connectivity index (χ1v) is 9.12. The van der Waals surface area contributed by atoms with Crippen molar-refractivity contribution in [2.45, 2.75) is 0 Å². The van der Waals surface area contributed by atoms with Crippen molar-refractivity contribution < 1.29 is 23.2 Å². The predicted molar refractivity (Wildman–Crippen MR) is 104 cm³/mol. The van der Waals surface area contributed by atoms with Crippen LogP contribution in [-0.4, -0.2) is 55.0 Å². The summed E-state index contributed by atoms with van der Waals surface area (Å²) in [6.07, 6.45) is 2.64. The van der Waals surface area contributed by atoms with Gasteiger partial charge in [-0.15, -0.1) is 0 Å². The topological polar surface area (TPSA) is 101 Å². The molecule has 0 atom stereocenters. The Kier molecular flexibility index (Phi) is 5.19. The third-order valence-corrected chi connectivity index (χ3v) is 4.69. The van der Waals surface area contributed by atoms with Gasteiger partial charge in [0.05, 0.1) is 13.4 Å². The number of rotatable bonds is 5. The number of nitrogens with zero attached hydrogens (tertiary/aromatic N) is 3. The summed E-state index contributed by atoms with van der Waals surface area (Å²) in [4.78, 5) is 32.6. The summed E-state index contributed by atoms with van der Waals surface area (Å²) in [7, 11) is 1.64. The van der Waals surface area contributed by atoms with Crippen LogP contribution in [0.15, 0.2) is 57.8 Å². The van der Waals surface area contributed by atoms with Crippen LogP contribution < -0.4 is 15.0 Å². The van der Waals surface area contributed by atoms with E-state index in [1.54, 1.807) is 18.1 Å². The van der Waals surface area contributed by atoms with Gasteiger partial charge in [0.1, 0.15) is 12.0 Å². The molecule has 150 valence electrons. The lowest BCUT2D eigenvalue weighted by Crippen LogP contribution is -2.48. The molecule has 1 fully saturated rings. The number of nitrogens with one attached hydrogen (secondary N) is 1. The van der Waals surface area contributed by atoms with Gasteiger partial charge in [0.2, 0.25) is 0 Å². The Morgan fingerprint density at radius 3 is 2.48 bits per heavy atom. The fraction of sp³-hybridized carbons (Fsp3) is 0.250. The van der Waals surface area contributed by atoms with Gasteiger partial charge in [0.25, 0.3) is 11.8 Å². The third-order valence-electron chi connectivity index (χ3n) is 4.69. The number of carbonyl (C=O) groups excluding carboxylic acids is 2. The molecular formula is C20H20N4O5. The fourth-order valence-corrected chi connectivity index (χ4v) is 3.12. The van der Waals surface area contributed by atoms with Crippen LogP contribution in [0.25, 0.3) is 0 Å². The number of aromatic nitrogens is 1. The molecule has 4 rings (SSSR count). The maximum Gasteiger partial charge on any atom is 0.302 e. The molecule has 0 aliphatic carbocycles. The summed E-state index contributed by atoms with van der Waals surface area (Å²) >= 11 is 0. The number of furan rings is 1. The zero-order chi connectivity index (χ0) is 20.2. The van der Waals surface area contributed by atoms with E-state index < -0.39 is 5.91 Å². The number of ether oxygens (including phenoxy) is 1. The molecule has 0 radical (unpaired) electrons. The Morgan fingerprint density at radius 1 is 1.07 bits per heavy atom. The largest absolute Gasteiger partial charge is 0.497 e. The molecule has 2 aromatic heterocycles. The van der Waals surface area contributed by atoms with Gasteiger partial charge in [-0.3, -0.25) is 14.9 Å². The Hall–Kier alpha value is -3.75. The summed E-state index contributed by atoms with van der Waals surface area (Å²) < 4.78 is 15.4. The van der Waals surface area contributed by atoms with E-state index in [2.05, 4.69) is 15.2 Å². The summed E-state index contributed by atoms with van der Waals surface area (Å²) in [6, 6.07) is 10.9. The summed E-state index contributed by atoms with van der Waals surface area (Å²) in [5, 5.41) is 2.46. The van der Waals surface area contributed by atoms with Gasteiger partial charge in [-0.2, -0.15) is 4.98 Å². The third kappa shape index (κ3) is 4.08. The molecule has 3 aromatic rings. The molecule has 29 heavy (non-hydrogen) atoms. The predicted octanol–water partition coefficient (Wildman–Crippen LogP) is 2.49. The maximum absolute atomic E-state index is 12.7. The molecule has 1 N–H and O–H groups in total. The first-order valence-electron chi connectivity index (χ1n) is 9.12. The second-order valence-corrected chi connectivity index (χ2v) is 6.45. The molecule has 0 spiro atoms. The molecule has 0 saturated carbocycles. The monoisotopic (exact) mass is 396 g/mol. The molecule has 1 aromatic carbocycles. The number of benzene rings is 1. The van der Waals surface area contributed by atoms with Crippen molar-refractivity contribution in [3.63, 3.8) is 0 Å². The van der Waals surface area contributed by atoms with Crippen LogP contribution in [0.1, 0.15) is 21.0 Å². The van der Waals surface area contributed by atoms with Crippen molar-refractivity contribution in [2.24, 2.45) is 0 Å². The minimum Gasteiger partial charge on any atom is -0.497 e. The van der Waals surface area contributed by atoms with E-state index in [-0.39, 0.29) is 23.4 Å². The van der Waals surface area contributed by atoms with Gasteiger partial charge < -0.3 is 23.4 Å². The zero-order valence-corrected chi connectivity index (χ0v) is 15.8. The van der Waals surface area contributed by atoms with Gasteiger partial charge in [-0.25, -0.2) is 0 Å². The Balaban J connectivity index is 1.33. The van der Waals surface area contributed by atoms with Gasteiger partial charge in [0, 0.05) is 31.9 Å². The Bertz CT molecular complexity index is 973. The quantitative estimate of drug-likeness (QED) is 0.707.